The van der Waals surface area contributed by atoms with Crippen molar-refractivity contribution in [1.29, 1.82) is 0 Å². The topological polar surface area (TPSA) is 155 Å². The Morgan fingerprint density at radius 2 is 1.49 bits per heavy atom. The standard InChI is InChI=1S/C37H52N4O8/c1-26(2)22-31(33(43)39-30(35(45)46)23-28-14-10-7-11-15-28)41(25-49-36(47)37(3,4)5)34(44)29(17-16-27-12-8-6-9-13-27)38-32(42)24-40-18-20-48-21-19-40/h6-15,26,29-31H,16-25H2,1-5H3,(H,38,42)(H,39,43)(H,45,46)/t29-,30-,31-/m0/s1. The Balaban J connectivity index is 1.95. The van der Waals surface area contributed by atoms with E-state index in [4.69, 9.17) is 9.47 Å². The number of rotatable bonds is 17. The van der Waals surface area contributed by atoms with Gasteiger partial charge >= 0.3 is 11.9 Å². The quantitative estimate of drug-likeness (QED) is 0.169. The molecule has 2 aromatic rings. The van der Waals surface area contributed by atoms with Crippen LogP contribution in [0.1, 0.15) is 58.6 Å². The van der Waals surface area contributed by atoms with E-state index in [2.05, 4.69) is 10.6 Å². The van der Waals surface area contributed by atoms with Gasteiger partial charge in [-0.1, -0.05) is 74.5 Å². The van der Waals surface area contributed by atoms with Gasteiger partial charge in [0.25, 0.3) is 0 Å². The van der Waals surface area contributed by atoms with E-state index in [9.17, 15) is 29.1 Å². The molecule has 0 unspecified atom stereocenters. The molecular formula is C37H52N4O8. The third-order valence-electron chi connectivity index (χ3n) is 8.17. The van der Waals surface area contributed by atoms with Gasteiger partial charge in [-0.05, 0) is 57.1 Å². The number of carboxylic acids is 1. The highest BCUT2D eigenvalue weighted by Crippen LogP contribution is 2.20. The van der Waals surface area contributed by atoms with Crippen molar-refractivity contribution < 1.29 is 38.6 Å². The maximum absolute atomic E-state index is 14.6. The number of carbonyl (C=O) groups excluding carboxylic acids is 4. The highest BCUT2D eigenvalue weighted by molar-refractivity contribution is 5.94. The minimum absolute atomic E-state index is 0.0283. The first-order valence-electron chi connectivity index (χ1n) is 16.9. The molecule has 3 amide bonds. The van der Waals surface area contributed by atoms with Gasteiger partial charge in [0.1, 0.15) is 18.1 Å². The number of nitrogens with zero attached hydrogens (tertiary/aromatic N) is 2. The lowest BCUT2D eigenvalue weighted by Crippen LogP contribution is -2.59. The summed E-state index contributed by atoms with van der Waals surface area (Å²) < 4.78 is 11.0. The van der Waals surface area contributed by atoms with E-state index in [0.717, 1.165) is 5.56 Å². The number of esters is 1. The van der Waals surface area contributed by atoms with Crippen LogP contribution in [0.5, 0.6) is 0 Å². The number of morpholine rings is 1. The highest BCUT2D eigenvalue weighted by Gasteiger charge is 2.38. The summed E-state index contributed by atoms with van der Waals surface area (Å²) in [5, 5.41) is 15.6. The molecule has 1 aliphatic rings. The smallest absolute Gasteiger partial charge is 0.326 e. The van der Waals surface area contributed by atoms with Gasteiger partial charge in [-0.3, -0.25) is 29.0 Å². The van der Waals surface area contributed by atoms with E-state index in [1.54, 1.807) is 45.0 Å². The summed E-state index contributed by atoms with van der Waals surface area (Å²) >= 11 is 0. The molecule has 0 bridgehead atoms. The van der Waals surface area contributed by atoms with E-state index in [1.165, 1.54) is 4.90 Å². The lowest BCUT2D eigenvalue weighted by atomic mass is 9.97. The molecule has 0 spiro atoms. The lowest BCUT2D eigenvalue weighted by Gasteiger charge is -2.35. The number of benzene rings is 2. The van der Waals surface area contributed by atoms with Gasteiger partial charge in [0, 0.05) is 19.5 Å². The zero-order valence-corrected chi connectivity index (χ0v) is 29.4. The Bertz CT molecular complexity index is 1370. The number of hydrogen-bond donors (Lipinski definition) is 3. The first-order chi connectivity index (χ1) is 23.2. The number of nitrogens with one attached hydrogen (secondary N) is 2. The predicted molar refractivity (Wildman–Crippen MR) is 184 cm³/mol. The molecule has 0 radical (unpaired) electrons. The van der Waals surface area contributed by atoms with Crippen molar-refractivity contribution >= 4 is 29.7 Å². The summed E-state index contributed by atoms with van der Waals surface area (Å²) in [5.74, 6) is -3.59. The number of aliphatic carboxylic acids is 1. The van der Waals surface area contributed by atoms with Crippen molar-refractivity contribution in [1.82, 2.24) is 20.4 Å². The molecule has 0 aliphatic carbocycles. The van der Waals surface area contributed by atoms with E-state index in [0.29, 0.717) is 38.3 Å². The second-order valence-electron chi connectivity index (χ2n) is 13.9. The van der Waals surface area contributed by atoms with Crippen LogP contribution in [0.2, 0.25) is 0 Å². The second kappa shape index (κ2) is 19.0. The van der Waals surface area contributed by atoms with Crippen LogP contribution in [0.15, 0.2) is 60.7 Å². The van der Waals surface area contributed by atoms with Crippen LogP contribution in [0, 0.1) is 11.3 Å². The monoisotopic (exact) mass is 680 g/mol. The van der Waals surface area contributed by atoms with Crippen molar-refractivity contribution in [2.24, 2.45) is 11.3 Å². The molecule has 49 heavy (non-hydrogen) atoms. The van der Waals surface area contributed by atoms with Crippen molar-refractivity contribution in [3.05, 3.63) is 71.8 Å². The highest BCUT2D eigenvalue weighted by atomic mass is 16.5. The van der Waals surface area contributed by atoms with Gasteiger partial charge in [0.2, 0.25) is 17.7 Å². The fourth-order valence-electron chi connectivity index (χ4n) is 5.41. The third-order valence-corrected chi connectivity index (χ3v) is 8.17. The summed E-state index contributed by atoms with van der Waals surface area (Å²) in [4.78, 5) is 70.3. The summed E-state index contributed by atoms with van der Waals surface area (Å²) in [6, 6.07) is 14.9. The number of carboxylic acid groups (broad SMARTS) is 1. The fourth-order valence-corrected chi connectivity index (χ4v) is 5.41. The van der Waals surface area contributed by atoms with Crippen LogP contribution < -0.4 is 10.6 Å². The molecule has 1 fully saturated rings. The summed E-state index contributed by atoms with van der Waals surface area (Å²) in [5.41, 5.74) is 0.773. The van der Waals surface area contributed by atoms with Crippen LogP contribution in [0.3, 0.4) is 0 Å². The molecule has 3 rings (SSSR count). The van der Waals surface area contributed by atoms with Crippen LogP contribution in [-0.2, 0) is 46.3 Å². The summed E-state index contributed by atoms with van der Waals surface area (Å²) in [7, 11) is 0. The Morgan fingerprint density at radius 1 is 0.898 bits per heavy atom. The van der Waals surface area contributed by atoms with Gasteiger partial charge < -0.3 is 25.2 Å². The van der Waals surface area contributed by atoms with Crippen molar-refractivity contribution in [2.75, 3.05) is 39.6 Å². The first kappa shape index (κ1) is 39.2. The van der Waals surface area contributed by atoms with Crippen molar-refractivity contribution in [3.8, 4) is 0 Å². The number of aryl methyl sites for hydroxylation is 1. The Kier molecular flexibility index (Phi) is 15.2. The molecule has 12 heteroatoms. The number of ether oxygens (including phenoxy) is 2. The van der Waals surface area contributed by atoms with Crippen LogP contribution in [0.25, 0.3) is 0 Å². The molecule has 0 saturated carbocycles. The van der Waals surface area contributed by atoms with E-state index < -0.39 is 54.0 Å². The Hall–Kier alpha value is -4.29. The van der Waals surface area contributed by atoms with Crippen LogP contribution >= 0.6 is 0 Å². The Morgan fingerprint density at radius 3 is 2.04 bits per heavy atom. The molecule has 268 valence electrons. The zero-order chi connectivity index (χ0) is 36.0. The van der Waals surface area contributed by atoms with Gasteiger partial charge in [-0.15, -0.1) is 0 Å². The van der Waals surface area contributed by atoms with Crippen molar-refractivity contribution in [3.63, 3.8) is 0 Å². The number of hydrogen-bond acceptors (Lipinski definition) is 8. The molecule has 3 N–H and O–H groups in total. The largest absolute Gasteiger partial charge is 0.480 e. The van der Waals surface area contributed by atoms with Crippen LogP contribution in [-0.4, -0.2) is 102 Å². The van der Waals surface area contributed by atoms with Crippen molar-refractivity contribution in [2.45, 2.75) is 78.4 Å². The zero-order valence-electron chi connectivity index (χ0n) is 29.4. The first-order valence-corrected chi connectivity index (χ1v) is 16.9. The van der Waals surface area contributed by atoms with Gasteiger partial charge in [-0.2, -0.15) is 0 Å². The van der Waals surface area contributed by atoms with E-state index >= 15 is 0 Å². The van der Waals surface area contributed by atoms with Gasteiger partial charge in [-0.25, -0.2) is 4.79 Å². The molecule has 0 aromatic heterocycles. The predicted octanol–water partition coefficient (Wildman–Crippen LogP) is 3.04. The molecule has 2 aromatic carbocycles. The van der Waals surface area contributed by atoms with Gasteiger partial charge in [0.05, 0.1) is 25.2 Å². The summed E-state index contributed by atoms with van der Waals surface area (Å²) in [6.07, 6.45) is 0.836. The molecular weight excluding hydrogens is 628 g/mol. The average Bonchev–Trinajstić information content (AvgIpc) is 3.06. The molecule has 1 aliphatic heterocycles. The minimum Gasteiger partial charge on any atom is -0.480 e. The maximum atomic E-state index is 14.6. The summed E-state index contributed by atoms with van der Waals surface area (Å²) in [6.45, 7) is 10.4. The SMILES string of the molecule is CC(C)C[C@@H](C(=O)N[C@@H](Cc1ccccc1)C(=O)O)N(COC(=O)C(C)(C)C)C(=O)[C@H](CCc1ccccc1)NC(=O)CN1CCOCC1. The molecule has 3 atom stereocenters. The minimum atomic E-state index is -1.28. The number of carbonyl (C=O) groups is 5. The normalized spacial score (nSPS) is 15.5. The van der Waals surface area contributed by atoms with E-state index in [-0.39, 0.29) is 37.6 Å². The lowest BCUT2D eigenvalue weighted by molar-refractivity contribution is -0.166. The number of amides is 3. The maximum Gasteiger partial charge on any atom is 0.326 e. The Labute approximate surface area is 289 Å². The average molecular weight is 681 g/mol. The second-order valence-corrected chi connectivity index (χ2v) is 13.9. The molecule has 1 heterocycles. The molecule has 12 nitrogen and oxygen atoms in total. The van der Waals surface area contributed by atoms with E-state index in [1.807, 2.05) is 55.1 Å². The van der Waals surface area contributed by atoms with Crippen LogP contribution in [0.4, 0.5) is 0 Å². The third kappa shape index (κ3) is 13.3. The fraction of sp³-hybridized carbons (Fsp3) is 0.541. The molecule has 1 saturated heterocycles. The van der Waals surface area contributed by atoms with Gasteiger partial charge in [0.15, 0.2) is 6.73 Å².